The van der Waals surface area contributed by atoms with E-state index in [1.54, 1.807) is 31.4 Å². The van der Waals surface area contributed by atoms with E-state index in [-0.39, 0.29) is 23.2 Å². The Morgan fingerprint density at radius 1 is 1.02 bits per heavy atom. The van der Waals surface area contributed by atoms with E-state index in [1.807, 2.05) is 6.07 Å². The molecule has 0 radical (unpaired) electrons. The number of benzene rings is 2. The van der Waals surface area contributed by atoms with Crippen LogP contribution in [0.5, 0.6) is 5.75 Å². The predicted octanol–water partition coefficient (Wildman–Crippen LogP) is 5.52. The van der Waals surface area contributed by atoms with E-state index in [4.69, 9.17) is 9.47 Å². The molecule has 1 aliphatic heterocycles. The van der Waals surface area contributed by atoms with Crippen molar-refractivity contribution in [1.82, 2.24) is 9.47 Å². The van der Waals surface area contributed by atoms with E-state index in [0.29, 0.717) is 34.5 Å². The van der Waals surface area contributed by atoms with E-state index < -0.39 is 22.6 Å². The molecule has 1 saturated heterocycles. The molecule has 2 N–H and O–H groups in total. The molecule has 3 aromatic rings. The fourth-order valence-electron chi connectivity index (χ4n) is 6.27. The number of halogens is 3. The Kier molecular flexibility index (Phi) is 9.68. The van der Waals surface area contributed by atoms with Crippen molar-refractivity contribution in [2.45, 2.75) is 67.9 Å². The molecule has 238 valence electrons. The summed E-state index contributed by atoms with van der Waals surface area (Å²) in [5.41, 5.74) is 2.07. The molecule has 1 saturated carbocycles. The third-order valence-corrected chi connectivity index (χ3v) is 9.66. The van der Waals surface area contributed by atoms with Crippen molar-refractivity contribution in [3.63, 3.8) is 0 Å². The number of alkyl halides is 3. The van der Waals surface area contributed by atoms with Crippen molar-refractivity contribution in [3.8, 4) is 17.6 Å². The van der Waals surface area contributed by atoms with Crippen molar-refractivity contribution in [2.24, 2.45) is 0 Å². The molecule has 12 heteroatoms. The Labute approximate surface area is 256 Å². The highest BCUT2D eigenvalue weighted by molar-refractivity contribution is 7.90. The fraction of sp³-hybridized carbons (Fsp3) is 0.500. The highest BCUT2D eigenvalue weighted by atomic mass is 32.2. The van der Waals surface area contributed by atoms with E-state index in [9.17, 15) is 21.6 Å². The summed E-state index contributed by atoms with van der Waals surface area (Å²) < 4.78 is 76.7. The number of methoxy groups -OCH3 is 2. The molecule has 2 aromatic carbocycles. The number of hydrogen-bond donors (Lipinski definition) is 2. The first-order chi connectivity index (χ1) is 20.9. The maximum absolute atomic E-state index is 13.7. The molecule has 1 aromatic heterocycles. The van der Waals surface area contributed by atoms with Crippen molar-refractivity contribution in [3.05, 3.63) is 48.2 Å². The topological polar surface area (TPSA) is 84.8 Å². The van der Waals surface area contributed by atoms with Gasteiger partial charge in [-0.1, -0.05) is 12.0 Å². The monoisotopic (exact) mass is 632 g/mol. The predicted molar refractivity (Wildman–Crippen MR) is 166 cm³/mol. The number of aromatic nitrogens is 1. The van der Waals surface area contributed by atoms with Gasteiger partial charge < -0.3 is 24.7 Å². The molecule has 0 bridgehead atoms. The molecule has 44 heavy (non-hydrogen) atoms. The Hall–Kier alpha value is -3.40. The van der Waals surface area contributed by atoms with Crippen molar-refractivity contribution < 1.29 is 31.1 Å². The summed E-state index contributed by atoms with van der Waals surface area (Å²) in [4.78, 5) is 2.65. The number of rotatable bonds is 9. The van der Waals surface area contributed by atoms with Gasteiger partial charge in [-0.2, -0.15) is 13.2 Å². The molecule has 1 aliphatic carbocycles. The maximum Gasteiger partial charge on any atom is 0.406 e. The van der Waals surface area contributed by atoms with Crippen LogP contribution in [0.3, 0.4) is 0 Å². The van der Waals surface area contributed by atoms with Gasteiger partial charge in [-0.15, -0.1) is 0 Å². The van der Waals surface area contributed by atoms with Crippen molar-refractivity contribution in [1.29, 1.82) is 0 Å². The lowest BCUT2D eigenvalue weighted by Crippen LogP contribution is -2.39. The minimum Gasteiger partial charge on any atom is -0.495 e. The van der Waals surface area contributed by atoms with E-state index in [2.05, 4.69) is 27.4 Å². The summed E-state index contributed by atoms with van der Waals surface area (Å²) >= 11 is 0. The second-order valence-electron chi connectivity index (χ2n) is 11.5. The Bertz CT molecular complexity index is 1640. The van der Waals surface area contributed by atoms with Crippen LogP contribution in [-0.4, -0.2) is 82.4 Å². The van der Waals surface area contributed by atoms with Crippen LogP contribution in [0.2, 0.25) is 0 Å². The molecule has 1 unspecified atom stereocenters. The highest BCUT2D eigenvalue weighted by Crippen LogP contribution is 2.33. The number of anilines is 2. The zero-order valence-corrected chi connectivity index (χ0v) is 26.0. The number of hydrogen-bond acceptors (Lipinski definition) is 7. The Morgan fingerprint density at radius 2 is 1.80 bits per heavy atom. The number of nitrogens with zero attached hydrogens (tertiary/aromatic N) is 2. The summed E-state index contributed by atoms with van der Waals surface area (Å²) in [7, 11) is -0.213. The van der Waals surface area contributed by atoms with Gasteiger partial charge in [0.05, 0.1) is 41.6 Å². The molecule has 1 atom stereocenters. The minimum atomic E-state index is -4.42. The second-order valence-corrected chi connectivity index (χ2v) is 13.6. The normalized spacial score (nSPS) is 21.2. The lowest BCUT2D eigenvalue weighted by Gasteiger charge is -2.35. The molecule has 2 heterocycles. The molecule has 2 aliphatic rings. The first kappa shape index (κ1) is 32.0. The van der Waals surface area contributed by atoms with E-state index in [1.165, 1.54) is 23.8 Å². The minimum absolute atomic E-state index is 0.110. The summed E-state index contributed by atoms with van der Waals surface area (Å²) in [6.45, 7) is 1.00. The second kappa shape index (κ2) is 13.3. The number of fused-ring (bicyclic) bond motifs is 1. The number of ether oxygens (including phenoxy) is 2. The van der Waals surface area contributed by atoms with Crippen LogP contribution in [0.4, 0.5) is 24.5 Å². The molecular weight excluding hydrogens is 593 g/mol. The highest BCUT2D eigenvalue weighted by Gasteiger charge is 2.32. The quantitative estimate of drug-likeness (QED) is 0.301. The first-order valence-electron chi connectivity index (χ1n) is 14.8. The summed E-state index contributed by atoms with van der Waals surface area (Å²) in [6.07, 6.45) is 2.20. The molecule has 8 nitrogen and oxygen atoms in total. The zero-order chi connectivity index (χ0) is 31.5. The fourth-order valence-corrected chi connectivity index (χ4v) is 6.91. The summed E-state index contributed by atoms with van der Waals surface area (Å²) in [5, 5.41) is 7.39. The van der Waals surface area contributed by atoms with Gasteiger partial charge in [0.15, 0.2) is 9.84 Å². The maximum atomic E-state index is 13.7. The number of nitrogens with one attached hydrogen (secondary N) is 2. The van der Waals surface area contributed by atoms with Crippen LogP contribution in [-0.2, 0) is 21.1 Å². The van der Waals surface area contributed by atoms with Crippen LogP contribution in [0.1, 0.15) is 37.8 Å². The standard InChI is InChI=1S/C32H39F3N4O4S/c1-42-25-15-17-38(20-25)23-11-9-22(10-12-23)37-28-7-4-8-30-27(28)18-24(39(30)21-32(33,34)35)6-5-16-36-29-14-13-26(44(3,40)41)19-31(29)43-2/h4,7-8,13-14,18-19,22-23,25,36-37H,9-12,15-17,20-21H2,1-3H3. The first-order valence-corrected chi connectivity index (χ1v) is 16.7. The number of sulfone groups is 1. The van der Waals surface area contributed by atoms with Gasteiger partial charge in [0.2, 0.25) is 0 Å². The third kappa shape index (κ3) is 7.62. The summed E-state index contributed by atoms with van der Waals surface area (Å²) in [5.74, 6) is 6.16. The third-order valence-electron chi connectivity index (χ3n) is 8.55. The lowest BCUT2D eigenvalue weighted by atomic mass is 9.90. The molecule has 2 fully saturated rings. The van der Waals surface area contributed by atoms with Gasteiger partial charge in [-0.25, -0.2) is 8.42 Å². The van der Waals surface area contributed by atoms with Crippen LogP contribution in [0, 0.1) is 11.8 Å². The average Bonchev–Trinajstić information content (AvgIpc) is 3.60. The van der Waals surface area contributed by atoms with Gasteiger partial charge >= 0.3 is 6.18 Å². The van der Waals surface area contributed by atoms with Gasteiger partial charge in [0.25, 0.3) is 0 Å². The van der Waals surface area contributed by atoms with Gasteiger partial charge in [0, 0.05) is 55.7 Å². The lowest BCUT2D eigenvalue weighted by molar-refractivity contribution is -0.140. The van der Waals surface area contributed by atoms with Gasteiger partial charge in [0.1, 0.15) is 12.3 Å². The summed E-state index contributed by atoms with van der Waals surface area (Å²) in [6, 6.07) is 12.3. The molecule has 5 rings (SSSR count). The Morgan fingerprint density at radius 3 is 2.45 bits per heavy atom. The van der Waals surface area contributed by atoms with E-state index in [0.717, 1.165) is 57.1 Å². The SMILES string of the molecule is COc1cc(S(C)(=O)=O)ccc1NCC#Cc1cc2c(NC3CCC(N4CCC(OC)C4)CC3)cccc2n1CC(F)(F)F. The Balaban J connectivity index is 1.31. The smallest absolute Gasteiger partial charge is 0.406 e. The molecule has 0 spiro atoms. The van der Waals surface area contributed by atoms with Gasteiger partial charge in [-0.05, 0) is 68.4 Å². The van der Waals surface area contributed by atoms with E-state index >= 15 is 0 Å². The van der Waals surface area contributed by atoms with Crippen molar-refractivity contribution >= 4 is 32.1 Å². The zero-order valence-electron chi connectivity index (χ0n) is 25.2. The van der Waals surface area contributed by atoms with Gasteiger partial charge in [-0.3, -0.25) is 4.90 Å². The number of likely N-dealkylation sites (tertiary alicyclic amines) is 1. The van der Waals surface area contributed by atoms with Crippen LogP contribution in [0.15, 0.2) is 47.4 Å². The van der Waals surface area contributed by atoms with Crippen LogP contribution >= 0.6 is 0 Å². The van der Waals surface area contributed by atoms with Crippen molar-refractivity contribution in [2.75, 3.05) is 50.7 Å². The van der Waals surface area contributed by atoms with Crippen LogP contribution in [0.25, 0.3) is 10.9 Å². The largest absolute Gasteiger partial charge is 0.495 e. The average molecular weight is 633 g/mol. The molecule has 0 amide bonds. The molecular formula is C32H39F3N4O4S. The van der Waals surface area contributed by atoms with Crippen LogP contribution < -0.4 is 15.4 Å².